The standard InChI is InChI=1S/C13H13NO3S/c1-8-11(17-13(18)14(2)12(8)15)9-4-6-10(16-3)7-5-9/h4-7H,1-3H3. The SMILES string of the molecule is COc1ccc(-c2oc(=S)n(C)c(=O)c2C)cc1. The van der Waals surface area contributed by atoms with Gasteiger partial charge in [-0.1, -0.05) is 0 Å². The van der Waals surface area contributed by atoms with Crippen molar-refractivity contribution in [3.05, 3.63) is 45.0 Å². The Kier molecular flexibility index (Phi) is 3.34. The smallest absolute Gasteiger partial charge is 0.271 e. The van der Waals surface area contributed by atoms with Crippen molar-refractivity contribution >= 4 is 12.2 Å². The molecule has 0 spiro atoms. The zero-order valence-corrected chi connectivity index (χ0v) is 11.2. The maximum Gasteiger partial charge on any atom is 0.271 e. The van der Waals surface area contributed by atoms with E-state index in [1.807, 2.05) is 24.3 Å². The lowest BCUT2D eigenvalue weighted by Gasteiger charge is -2.07. The second kappa shape index (κ2) is 4.78. The third-order valence-electron chi connectivity index (χ3n) is 2.78. The van der Waals surface area contributed by atoms with Gasteiger partial charge in [-0.3, -0.25) is 9.36 Å². The van der Waals surface area contributed by atoms with Crippen LogP contribution in [0.25, 0.3) is 11.3 Å². The summed E-state index contributed by atoms with van der Waals surface area (Å²) in [5, 5.41) is 0. The molecule has 18 heavy (non-hydrogen) atoms. The summed E-state index contributed by atoms with van der Waals surface area (Å²) < 4.78 is 11.9. The first-order valence-corrected chi connectivity index (χ1v) is 5.80. The molecule has 0 saturated carbocycles. The van der Waals surface area contributed by atoms with Crippen molar-refractivity contribution in [2.24, 2.45) is 7.05 Å². The van der Waals surface area contributed by atoms with Crippen LogP contribution >= 0.6 is 12.2 Å². The minimum Gasteiger partial charge on any atom is -0.497 e. The highest BCUT2D eigenvalue weighted by Crippen LogP contribution is 2.23. The zero-order valence-electron chi connectivity index (χ0n) is 10.4. The molecule has 94 valence electrons. The van der Waals surface area contributed by atoms with Crippen molar-refractivity contribution in [1.29, 1.82) is 0 Å². The van der Waals surface area contributed by atoms with E-state index in [1.54, 1.807) is 21.1 Å². The second-order valence-electron chi connectivity index (χ2n) is 3.91. The Morgan fingerprint density at radius 2 is 1.89 bits per heavy atom. The van der Waals surface area contributed by atoms with Gasteiger partial charge in [-0.05, 0) is 43.4 Å². The Morgan fingerprint density at radius 3 is 2.44 bits per heavy atom. The molecule has 0 unspecified atom stereocenters. The lowest BCUT2D eigenvalue weighted by Crippen LogP contribution is -2.20. The van der Waals surface area contributed by atoms with Crippen molar-refractivity contribution < 1.29 is 9.15 Å². The van der Waals surface area contributed by atoms with Crippen molar-refractivity contribution in [1.82, 2.24) is 4.57 Å². The molecule has 2 aromatic rings. The minimum atomic E-state index is -0.142. The summed E-state index contributed by atoms with van der Waals surface area (Å²) >= 11 is 5.01. The topological polar surface area (TPSA) is 44.4 Å². The molecule has 2 rings (SSSR count). The van der Waals surface area contributed by atoms with E-state index in [2.05, 4.69) is 0 Å². The van der Waals surface area contributed by atoms with Gasteiger partial charge in [0.15, 0.2) is 0 Å². The number of nitrogens with zero attached hydrogens (tertiary/aromatic N) is 1. The number of methoxy groups -OCH3 is 1. The van der Waals surface area contributed by atoms with E-state index in [0.29, 0.717) is 11.3 Å². The van der Waals surface area contributed by atoms with Gasteiger partial charge >= 0.3 is 0 Å². The van der Waals surface area contributed by atoms with Crippen LogP contribution in [0.1, 0.15) is 5.56 Å². The highest BCUT2D eigenvalue weighted by Gasteiger charge is 2.10. The first kappa shape index (κ1) is 12.6. The third kappa shape index (κ3) is 2.09. The van der Waals surface area contributed by atoms with E-state index in [1.165, 1.54) is 4.57 Å². The summed E-state index contributed by atoms with van der Waals surface area (Å²) in [6.45, 7) is 1.72. The number of ether oxygens (including phenoxy) is 1. The van der Waals surface area contributed by atoms with Gasteiger partial charge in [-0.2, -0.15) is 0 Å². The highest BCUT2D eigenvalue weighted by molar-refractivity contribution is 7.71. The zero-order chi connectivity index (χ0) is 13.3. The molecule has 0 atom stereocenters. The molecule has 0 bridgehead atoms. The quantitative estimate of drug-likeness (QED) is 0.781. The van der Waals surface area contributed by atoms with Gasteiger partial charge in [-0.25, -0.2) is 0 Å². The molecule has 1 heterocycles. The average Bonchev–Trinajstić information content (AvgIpc) is 2.41. The van der Waals surface area contributed by atoms with Crippen LogP contribution in [0.2, 0.25) is 0 Å². The molecule has 0 amide bonds. The molecule has 0 aliphatic carbocycles. The molecule has 1 aromatic heterocycles. The van der Waals surface area contributed by atoms with Crippen LogP contribution in [0.4, 0.5) is 0 Å². The van der Waals surface area contributed by atoms with Crippen LogP contribution in [0.3, 0.4) is 0 Å². The summed E-state index contributed by atoms with van der Waals surface area (Å²) in [7, 11) is 3.20. The second-order valence-corrected chi connectivity index (χ2v) is 4.26. The molecular weight excluding hydrogens is 250 g/mol. The average molecular weight is 263 g/mol. The summed E-state index contributed by atoms with van der Waals surface area (Å²) in [4.78, 5) is 12.1. The molecule has 5 heteroatoms. The minimum absolute atomic E-state index is 0.142. The van der Waals surface area contributed by atoms with Crippen molar-refractivity contribution in [3.8, 4) is 17.1 Å². The summed E-state index contributed by atoms with van der Waals surface area (Å²) in [6.07, 6.45) is 0. The number of benzene rings is 1. The van der Waals surface area contributed by atoms with Crippen LogP contribution in [0, 0.1) is 11.8 Å². The molecule has 0 aliphatic rings. The Balaban J connectivity index is 2.64. The molecule has 0 radical (unpaired) electrons. The summed E-state index contributed by atoms with van der Waals surface area (Å²) in [5.74, 6) is 1.25. The Bertz CT molecular complexity index is 683. The molecule has 0 aliphatic heterocycles. The van der Waals surface area contributed by atoms with Gasteiger partial charge in [0.2, 0.25) is 0 Å². The number of rotatable bonds is 2. The van der Waals surface area contributed by atoms with E-state index < -0.39 is 0 Å². The van der Waals surface area contributed by atoms with Gasteiger partial charge in [0, 0.05) is 12.6 Å². The van der Waals surface area contributed by atoms with Gasteiger partial charge in [0.1, 0.15) is 11.5 Å². The van der Waals surface area contributed by atoms with Crippen LogP contribution in [0.15, 0.2) is 33.5 Å². The molecule has 1 aromatic carbocycles. The van der Waals surface area contributed by atoms with Crippen molar-refractivity contribution in [2.45, 2.75) is 6.92 Å². The fraction of sp³-hybridized carbons (Fsp3) is 0.231. The third-order valence-corrected chi connectivity index (χ3v) is 3.14. The Morgan fingerprint density at radius 1 is 1.28 bits per heavy atom. The first-order chi connectivity index (χ1) is 8.54. The summed E-state index contributed by atoms with van der Waals surface area (Å²) in [5.41, 5.74) is 1.20. The number of hydrogen-bond acceptors (Lipinski definition) is 4. The molecule has 0 saturated heterocycles. The largest absolute Gasteiger partial charge is 0.497 e. The Labute approximate surface area is 109 Å². The predicted molar refractivity (Wildman–Crippen MR) is 71.5 cm³/mol. The van der Waals surface area contributed by atoms with Crippen molar-refractivity contribution in [2.75, 3.05) is 7.11 Å². The molecular formula is C13H13NO3S. The van der Waals surface area contributed by atoms with Crippen LogP contribution in [-0.4, -0.2) is 11.7 Å². The van der Waals surface area contributed by atoms with Gasteiger partial charge in [-0.15, -0.1) is 0 Å². The molecule has 0 N–H and O–H groups in total. The van der Waals surface area contributed by atoms with Crippen LogP contribution in [0.5, 0.6) is 5.75 Å². The predicted octanol–water partition coefficient (Wildman–Crippen LogP) is 2.69. The maximum absolute atomic E-state index is 11.9. The molecule has 0 fully saturated rings. The first-order valence-electron chi connectivity index (χ1n) is 5.39. The molecule has 4 nitrogen and oxygen atoms in total. The maximum atomic E-state index is 11.9. The Hall–Kier alpha value is -1.88. The lowest BCUT2D eigenvalue weighted by molar-refractivity contribution is 0.414. The van der Waals surface area contributed by atoms with Crippen LogP contribution < -0.4 is 10.3 Å². The van der Waals surface area contributed by atoms with E-state index in [-0.39, 0.29) is 10.4 Å². The fourth-order valence-electron chi connectivity index (χ4n) is 1.68. The number of hydrogen-bond donors (Lipinski definition) is 0. The van der Waals surface area contributed by atoms with Gasteiger partial charge in [0.05, 0.1) is 12.7 Å². The fourth-order valence-corrected chi connectivity index (χ4v) is 1.85. The lowest BCUT2D eigenvalue weighted by atomic mass is 10.1. The highest BCUT2D eigenvalue weighted by atomic mass is 32.1. The van der Waals surface area contributed by atoms with E-state index in [9.17, 15) is 4.79 Å². The summed E-state index contributed by atoms with van der Waals surface area (Å²) in [6, 6.07) is 7.29. The van der Waals surface area contributed by atoms with E-state index in [4.69, 9.17) is 21.4 Å². The monoisotopic (exact) mass is 263 g/mol. The normalized spacial score (nSPS) is 10.4. The van der Waals surface area contributed by atoms with E-state index in [0.717, 1.165) is 11.3 Å². The van der Waals surface area contributed by atoms with Crippen LogP contribution in [-0.2, 0) is 7.05 Å². The van der Waals surface area contributed by atoms with Gasteiger partial charge < -0.3 is 9.15 Å². The van der Waals surface area contributed by atoms with Gasteiger partial charge in [0.25, 0.3) is 10.4 Å². The van der Waals surface area contributed by atoms with Crippen molar-refractivity contribution in [3.63, 3.8) is 0 Å². The van der Waals surface area contributed by atoms with E-state index >= 15 is 0 Å². The number of aromatic nitrogens is 1.